The normalized spacial score (nSPS) is 12.0. The lowest BCUT2D eigenvalue weighted by molar-refractivity contribution is -0.0241. The fourth-order valence-electron chi connectivity index (χ4n) is 0.786. The fourth-order valence-corrected chi connectivity index (χ4v) is 0.786. The van der Waals surface area contributed by atoms with Crippen molar-refractivity contribution in [2.45, 2.75) is 39.6 Å². The maximum atomic E-state index is 8.72. The molecule has 0 aliphatic rings. The van der Waals surface area contributed by atoms with E-state index in [-0.39, 0.29) is 12.2 Å². The lowest BCUT2D eigenvalue weighted by Crippen LogP contribution is -2.18. The van der Waals surface area contributed by atoms with Gasteiger partial charge in [-0.15, -0.1) is 0 Å². The van der Waals surface area contributed by atoms with Gasteiger partial charge in [-0.25, -0.2) is 0 Å². The zero-order valence-corrected chi connectivity index (χ0v) is 8.20. The van der Waals surface area contributed by atoms with Crippen LogP contribution in [-0.2, 0) is 18.0 Å². The molecule has 0 saturated heterocycles. The molecule has 0 fully saturated rings. The molecule has 0 aliphatic heterocycles. The van der Waals surface area contributed by atoms with E-state index >= 15 is 0 Å². The summed E-state index contributed by atoms with van der Waals surface area (Å²) in [6.07, 6.45) is 0. The number of aliphatic hydroxyl groups is 1. The molecule has 1 N–H and O–H groups in total. The Labute approximate surface area is 77.5 Å². The number of aromatic nitrogens is 1. The summed E-state index contributed by atoms with van der Waals surface area (Å²) < 4.78 is 10.4. The molecule has 0 unspecified atom stereocenters. The van der Waals surface area contributed by atoms with Gasteiger partial charge in [0.25, 0.3) is 0 Å². The van der Waals surface area contributed by atoms with E-state index in [9.17, 15) is 0 Å². The van der Waals surface area contributed by atoms with Gasteiger partial charge in [-0.2, -0.15) is 0 Å². The van der Waals surface area contributed by atoms with E-state index in [1.807, 2.05) is 20.8 Å². The van der Waals surface area contributed by atoms with E-state index in [1.165, 1.54) is 0 Å². The molecule has 0 aliphatic carbocycles. The van der Waals surface area contributed by atoms with E-state index < -0.39 is 0 Å². The Morgan fingerprint density at radius 1 is 1.54 bits per heavy atom. The minimum atomic E-state index is -0.188. The first-order chi connectivity index (χ1) is 6.01. The third kappa shape index (κ3) is 3.57. The molecule has 1 rings (SSSR count). The third-order valence-electron chi connectivity index (χ3n) is 1.42. The highest BCUT2D eigenvalue weighted by molar-refractivity contribution is 5.02. The number of aliphatic hydroxyl groups excluding tert-OH is 1. The summed E-state index contributed by atoms with van der Waals surface area (Å²) in [6.45, 7) is 6.19. The van der Waals surface area contributed by atoms with E-state index in [2.05, 4.69) is 5.16 Å². The van der Waals surface area contributed by atoms with Gasteiger partial charge in [0, 0.05) is 6.07 Å². The van der Waals surface area contributed by atoms with Gasteiger partial charge in [0.1, 0.15) is 12.3 Å². The van der Waals surface area contributed by atoms with Crippen LogP contribution in [0.5, 0.6) is 0 Å². The van der Waals surface area contributed by atoms with Crippen LogP contribution in [0.2, 0.25) is 0 Å². The van der Waals surface area contributed by atoms with Crippen LogP contribution in [0.4, 0.5) is 0 Å². The van der Waals surface area contributed by atoms with Crippen LogP contribution in [0.25, 0.3) is 0 Å². The van der Waals surface area contributed by atoms with Gasteiger partial charge in [0.2, 0.25) is 0 Å². The minimum Gasteiger partial charge on any atom is -0.390 e. The maximum absolute atomic E-state index is 8.72. The first-order valence-corrected chi connectivity index (χ1v) is 4.20. The highest BCUT2D eigenvalue weighted by Gasteiger charge is 2.12. The zero-order valence-electron chi connectivity index (χ0n) is 8.20. The molecular formula is C9H15NO3. The number of hydrogen-bond acceptors (Lipinski definition) is 4. The van der Waals surface area contributed by atoms with Gasteiger partial charge < -0.3 is 14.4 Å². The Kier molecular flexibility index (Phi) is 3.06. The summed E-state index contributed by atoms with van der Waals surface area (Å²) in [4.78, 5) is 0. The predicted molar refractivity (Wildman–Crippen MR) is 47.0 cm³/mol. The SMILES string of the molecule is CC(C)(C)OCc1cc(CO)no1. The van der Waals surface area contributed by atoms with Crippen LogP contribution in [0.1, 0.15) is 32.2 Å². The van der Waals surface area contributed by atoms with Crippen molar-refractivity contribution < 1.29 is 14.4 Å². The fraction of sp³-hybridized carbons (Fsp3) is 0.667. The molecule has 13 heavy (non-hydrogen) atoms. The first kappa shape index (κ1) is 10.2. The molecule has 0 amide bonds. The largest absolute Gasteiger partial charge is 0.390 e. The Balaban J connectivity index is 2.46. The molecule has 0 bridgehead atoms. The van der Waals surface area contributed by atoms with Gasteiger partial charge in [-0.1, -0.05) is 5.16 Å². The topological polar surface area (TPSA) is 55.5 Å². The molecule has 74 valence electrons. The Hall–Kier alpha value is -0.870. The lowest BCUT2D eigenvalue weighted by atomic mass is 10.2. The van der Waals surface area contributed by atoms with Crippen LogP contribution < -0.4 is 0 Å². The van der Waals surface area contributed by atoms with Crippen LogP contribution in [0.15, 0.2) is 10.6 Å². The first-order valence-electron chi connectivity index (χ1n) is 4.20. The molecule has 0 spiro atoms. The molecule has 1 aromatic rings. The maximum Gasteiger partial charge on any atom is 0.162 e. The average molecular weight is 185 g/mol. The minimum absolute atomic E-state index is 0.0982. The lowest BCUT2D eigenvalue weighted by Gasteiger charge is -2.17. The molecule has 0 aromatic carbocycles. The van der Waals surface area contributed by atoms with Crippen molar-refractivity contribution in [1.82, 2.24) is 5.16 Å². The van der Waals surface area contributed by atoms with E-state index in [1.54, 1.807) is 6.07 Å². The number of ether oxygens (including phenoxy) is 1. The molecule has 0 saturated carbocycles. The van der Waals surface area contributed by atoms with Gasteiger partial charge in [-0.05, 0) is 20.8 Å². The van der Waals surface area contributed by atoms with Crippen molar-refractivity contribution >= 4 is 0 Å². The summed E-state index contributed by atoms with van der Waals surface area (Å²) in [5, 5.41) is 12.3. The molecule has 0 atom stereocenters. The molecular weight excluding hydrogens is 170 g/mol. The van der Waals surface area contributed by atoms with Crippen molar-refractivity contribution in [3.05, 3.63) is 17.5 Å². The smallest absolute Gasteiger partial charge is 0.162 e. The van der Waals surface area contributed by atoms with Crippen molar-refractivity contribution in [3.63, 3.8) is 0 Å². The molecule has 4 heteroatoms. The van der Waals surface area contributed by atoms with Crippen LogP contribution in [-0.4, -0.2) is 15.9 Å². The van der Waals surface area contributed by atoms with Gasteiger partial charge in [0.15, 0.2) is 5.76 Å². The number of rotatable bonds is 3. The highest BCUT2D eigenvalue weighted by atomic mass is 16.5. The quantitative estimate of drug-likeness (QED) is 0.775. The van der Waals surface area contributed by atoms with Crippen LogP contribution >= 0.6 is 0 Å². The summed E-state index contributed by atoms with van der Waals surface area (Å²) in [7, 11) is 0. The molecule has 1 aromatic heterocycles. The molecule has 4 nitrogen and oxygen atoms in total. The second kappa shape index (κ2) is 3.89. The molecule has 0 radical (unpaired) electrons. The van der Waals surface area contributed by atoms with Gasteiger partial charge >= 0.3 is 0 Å². The average Bonchev–Trinajstić information content (AvgIpc) is 2.47. The number of nitrogens with zero attached hydrogens (tertiary/aromatic N) is 1. The second-order valence-electron chi connectivity index (χ2n) is 3.84. The summed E-state index contributed by atoms with van der Waals surface area (Å²) in [5.74, 6) is 0.638. The number of hydrogen-bond donors (Lipinski definition) is 1. The monoisotopic (exact) mass is 185 g/mol. The second-order valence-corrected chi connectivity index (χ2v) is 3.84. The highest BCUT2D eigenvalue weighted by Crippen LogP contribution is 2.12. The Morgan fingerprint density at radius 3 is 2.69 bits per heavy atom. The van der Waals surface area contributed by atoms with Crippen LogP contribution in [0.3, 0.4) is 0 Å². The van der Waals surface area contributed by atoms with Crippen molar-refractivity contribution in [2.75, 3.05) is 0 Å². The Bertz CT molecular complexity index is 262. The van der Waals surface area contributed by atoms with E-state index in [0.29, 0.717) is 18.1 Å². The third-order valence-corrected chi connectivity index (χ3v) is 1.42. The van der Waals surface area contributed by atoms with Crippen molar-refractivity contribution in [2.24, 2.45) is 0 Å². The summed E-state index contributed by atoms with van der Waals surface area (Å²) >= 11 is 0. The summed E-state index contributed by atoms with van der Waals surface area (Å²) in [6, 6.07) is 1.69. The molecule has 1 heterocycles. The van der Waals surface area contributed by atoms with E-state index in [4.69, 9.17) is 14.4 Å². The van der Waals surface area contributed by atoms with Crippen molar-refractivity contribution in [3.8, 4) is 0 Å². The van der Waals surface area contributed by atoms with Crippen molar-refractivity contribution in [1.29, 1.82) is 0 Å². The Morgan fingerprint density at radius 2 is 2.23 bits per heavy atom. The standard InChI is InChI=1S/C9H15NO3/c1-9(2,3)12-6-8-4-7(5-11)10-13-8/h4,11H,5-6H2,1-3H3. The van der Waals surface area contributed by atoms with Gasteiger partial charge in [-0.3, -0.25) is 0 Å². The van der Waals surface area contributed by atoms with E-state index in [0.717, 1.165) is 0 Å². The van der Waals surface area contributed by atoms with Crippen LogP contribution in [0, 0.1) is 0 Å². The predicted octanol–water partition coefficient (Wildman–Crippen LogP) is 1.48. The zero-order chi connectivity index (χ0) is 9.90. The van der Waals surface area contributed by atoms with Gasteiger partial charge in [0.05, 0.1) is 12.2 Å². The summed E-state index contributed by atoms with van der Waals surface area (Å²) in [5.41, 5.74) is 0.346.